The van der Waals surface area contributed by atoms with Gasteiger partial charge < -0.3 is 5.32 Å². The molecule has 23 heavy (non-hydrogen) atoms. The fourth-order valence-electron chi connectivity index (χ4n) is 2.36. The van der Waals surface area contributed by atoms with E-state index >= 15 is 0 Å². The number of nitrogens with one attached hydrogen (secondary N) is 1. The molecule has 0 spiro atoms. The second-order valence-corrected chi connectivity index (χ2v) is 5.26. The highest BCUT2D eigenvalue weighted by Crippen LogP contribution is 2.18. The first-order valence-electron chi connectivity index (χ1n) is 7.41. The highest BCUT2D eigenvalue weighted by atomic mass is 16.1. The Morgan fingerprint density at radius 2 is 1.96 bits per heavy atom. The van der Waals surface area contributed by atoms with Gasteiger partial charge in [-0.3, -0.25) is 4.79 Å². The van der Waals surface area contributed by atoms with Crippen molar-refractivity contribution >= 4 is 11.6 Å². The van der Waals surface area contributed by atoms with Gasteiger partial charge in [-0.1, -0.05) is 19.1 Å². The fraction of sp³-hybridized carbons (Fsp3) is 0.176. The van der Waals surface area contributed by atoms with E-state index in [1.165, 1.54) is 11.9 Å². The van der Waals surface area contributed by atoms with Gasteiger partial charge in [-0.2, -0.15) is 0 Å². The van der Waals surface area contributed by atoms with Crippen LogP contribution in [0.1, 0.15) is 28.4 Å². The van der Waals surface area contributed by atoms with Gasteiger partial charge in [-0.25, -0.2) is 4.68 Å². The summed E-state index contributed by atoms with van der Waals surface area (Å²) in [5.74, 6) is -0.123. The summed E-state index contributed by atoms with van der Waals surface area (Å²) in [6, 6.07) is 13.2. The number of amides is 1. The topological polar surface area (TPSA) is 72.7 Å². The molecule has 0 unspecified atom stereocenters. The first kappa shape index (κ1) is 14.9. The zero-order valence-corrected chi connectivity index (χ0v) is 13.0. The Morgan fingerprint density at radius 1 is 1.17 bits per heavy atom. The number of carbonyl (C=O) groups excluding carboxylic acids is 1. The lowest BCUT2D eigenvalue weighted by Crippen LogP contribution is -2.12. The number of hydrogen-bond acceptors (Lipinski definition) is 4. The molecule has 1 aromatic heterocycles. The van der Waals surface area contributed by atoms with E-state index in [0.717, 1.165) is 23.4 Å². The molecule has 1 amide bonds. The van der Waals surface area contributed by atoms with E-state index in [2.05, 4.69) is 27.8 Å². The second kappa shape index (κ2) is 6.39. The van der Waals surface area contributed by atoms with Crippen LogP contribution in [0, 0.1) is 6.92 Å². The quantitative estimate of drug-likeness (QED) is 0.804. The van der Waals surface area contributed by atoms with Crippen LogP contribution in [0.4, 0.5) is 5.69 Å². The maximum atomic E-state index is 12.3. The normalized spacial score (nSPS) is 10.5. The molecule has 0 saturated heterocycles. The Hall–Kier alpha value is -3.02. The van der Waals surface area contributed by atoms with E-state index in [9.17, 15) is 4.79 Å². The summed E-state index contributed by atoms with van der Waals surface area (Å²) in [6.45, 7) is 4.03. The van der Waals surface area contributed by atoms with Crippen molar-refractivity contribution in [3.8, 4) is 5.69 Å². The van der Waals surface area contributed by atoms with Gasteiger partial charge in [0.1, 0.15) is 6.33 Å². The number of tetrazole rings is 1. The van der Waals surface area contributed by atoms with Crippen molar-refractivity contribution in [3.63, 3.8) is 0 Å². The minimum Gasteiger partial charge on any atom is -0.322 e. The average molecular weight is 307 g/mol. The van der Waals surface area contributed by atoms with Crippen LogP contribution in [0.5, 0.6) is 0 Å². The number of nitrogens with zero attached hydrogens (tertiary/aromatic N) is 4. The van der Waals surface area contributed by atoms with Crippen molar-refractivity contribution < 1.29 is 4.79 Å². The van der Waals surface area contributed by atoms with E-state index in [-0.39, 0.29) is 5.91 Å². The molecule has 1 N–H and O–H groups in total. The molecular weight excluding hydrogens is 290 g/mol. The average Bonchev–Trinajstić information content (AvgIpc) is 3.09. The number of aryl methyl sites for hydroxylation is 2. The molecule has 6 heteroatoms. The van der Waals surface area contributed by atoms with Crippen molar-refractivity contribution in [2.75, 3.05) is 5.32 Å². The molecular formula is C17H17N5O. The molecule has 0 aliphatic rings. The van der Waals surface area contributed by atoms with E-state index in [1.807, 2.05) is 49.4 Å². The molecule has 2 aromatic carbocycles. The lowest BCUT2D eigenvalue weighted by Gasteiger charge is -2.09. The van der Waals surface area contributed by atoms with Crippen molar-refractivity contribution in [2.45, 2.75) is 20.3 Å². The number of benzene rings is 2. The first-order chi connectivity index (χ1) is 11.2. The number of hydrogen-bond donors (Lipinski definition) is 1. The Balaban J connectivity index is 1.77. The van der Waals surface area contributed by atoms with Crippen LogP contribution in [0.15, 0.2) is 48.8 Å². The minimum atomic E-state index is -0.123. The predicted molar refractivity (Wildman–Crippen MR) is 87.7 cm³/mol. The van der Waals surface area contributed by atoms with Gasteiger partial charge in [0, 0.05) is 11.3 Å². The molecule has 0 aliphatic carbocycles. The monoisotopic (exact) mass is 307 g/mol. The maximum Gasteiger partial charge on any atom is 0.255 e. The summed E-state index contributed by atoms with van der Waals surface area (Å²) in [7, 11) is 0. The Kier molecular flexibility index (Phi) is 4.14. The molecule has 3 rings (SSSR count). The summed E-state index contributed by atoms with van der Waals surface area (Å²) in [5, 5.41) is 14.0. The van der Waals surface area contributed by atoms with Crippen LogP contribution >= 0.6 is 0 Å². The number of carbonyl (C=O) groups is 1. The minimum absolute atomic E-state index is 0.123. The van der Waals surface area contributed by atoms with E-state index in [1.54, 1.807) is 4.68 Å². The fourth-order valence-corrected chi connectivity index (χ4v) is 2.36. The second-order valence-electron chi connectivity index (χ2n) is 5.26. The smallest absolute Gasteiger partial charge is 0.255 e. The van der Waals surface area contributed by atoms with E-state index in [0.29, 0.717) is 5.56 Å². The molecule has 3 aromatic rings. The van der Waals surface area contributed by atoms with Crippen LogP contribution in [-0.4, -0.2) is 26.1 Å². The SMILES string of the molecule is CCc1ccc(C(=O)Nc2ccc(-n3cnnn3)c(C)c2)cc1. The summed E-state index contributed by atoms with van der Waals surface area (Å²) < 4.78 is 1.59. The van der Waals surface area contributed by atoms with Crippen LogP contribution < -0.4 is 5.32 Å². The molecule has 116 valence electrons. The number of anilines is 1. The van der Waals surface area contributed by atoms with Crippen molar-refractivity contribution in [1.82, 2.24) is 20.2 Å². The van der Waals surface area contributed by atoms with Gasteiger partial charge in [0.2, 0.25) is 0 Å². The van der Waals surface area contributed by atoms with Crippen LogP contribution in [0.2, 0.25) is 0 Å². The third kappa shape index (κ3) is 3.26. The van der Waals surface area contributed by atoms with Crippen LogP contribution in [0.25, 0.3) is 5.69 Å². The summed E-state index contributed by atoms with van der Waals surface area (Å²) >= 11 is 0. The largest absolute Gasteiger partial charge is 0.322 e. The highest BCUT2D eigenvalue weighted by molar-refractivity contribution is 6.04. The Morgan fingerprint density at radius 3 is 2.57 bits per heavy atom. The third-order valence-corrected chi connectivity index (χ3v) is 3.67. The van der Waals surface area contributed by atoms with Gasteiger partial charge in [0.05, 0.1) is 5.69 Å². The zero-order chi connectivity index (χ0) is 16.2. The van der Waals surface area contributed by atoms with Crippen molar-refractivity contribution in [2.24, 2.45) is 0 Å². The van der Waals surface area contributed by atoms with Crippen LogP contribution in [0.3, 0.4) is 0 Å². The lowest BCUT2D eigenvalue weighted by atomic mass is 10.1. The Bertz CT molecular complexity index is 810. The van der Waals surface area contributed by atoms with Gasteiger partial charge in [-0.05, 0) is 65.2 Å². The molecule has 0 atom stereocenters. The number of rotatable bonds is 4. The molecule has 6 nitrogen and oxygen atoms in total. The van der Waals surface area contributed by atoms with Crippen molar-refractivity contribution in [3.05, 3.63) is 65.5 Å². The third-order valence-electron chi connectivity index (χ3n) is 3.67. The molecule has 0 saturated carbocycles. The first-order valence-corrected chi connectivity index (χ1v) is 7.41. The number of aromatic nitrogens is 4. The maximum absolute atomic E-state index is 12.3. The zero-order valence-electron chi connectivity index (χ0n) is 13.0. The molecule has 1 heterocycles. The summed E-state index contributed by atoms with van der Waals surface area (Å²) in [6.07, 6.45) is 2.50. The molecule has 0 aliphatic heterocycles. The van der Waals surface area contributed by atoms with Gasteiger partial charge in [0.15, 0.2) is 0 Å². The summed E-state index contributed by atoms with van der Waals surface area (Å²) in [4.78, 5) is 12.3. The standard InChI is InChI=1S/C17H17N5O/c1-3-13-4-6-14(7-5-13)17(23)19-15-8-9-16(12(2)10-15)22-11-18-20-21-22/h4-11H,3H2,1-2H3,(H,19,23). The highest BCUT2D eigenvalue weighted by Gasteiger charge is 2.08. The Labute approximate surface area is 134 Å². The van der Waals surface area contributed by atoms with Crippen molar-refractivity contribution in [1.29, 1.82) is 0 Å². The molecule has 0 fully saturated rings. The predicted octanol–water partition coefficient (Wildman–Crippen LogP) is 2.79. The lowest BCUT2D eigenvalue weighted by molar-refractivity contribution is 0.102. The van der Waals surface area contributed by atoms with Gasteiger partial charge in [0.25, 0.3) is 5.91 Å². The van der Waals surface area contributed by atoms with Gasteiger partial charge >= 0.3 is 0 Å². The molecule has 0 bridgehead atoms. The molecule has 0 radical (unpaired) electrons. The van der Waals surface area contributed by atoms with E-state index in [4.69, 9.17) is 0 Å². The van der Waals surface area contributed by atoms with E-state index < -0.39 is 0 Å². The summed E-state index contributed by atoms with van der Waals surface area (Å²) in [5.41, 5.74) is 4.44. The van der Waals surface area contributed by atoms with Gasteiger partial charge in [-0.15, -0.1) is 5.10 Å². The van der Waals surface area contributed by atoms with Crippen LogP contribution in [-0.2, 0) is 6.42 Å².